The van der Waals surface area contributed by atoms with E-state index in [0.717, 1.165) is 57.5 Å². The molecule has 1 aliphatic rings. The second kappa shape index (κ2) is 12.0. The molecule has 0 radical (unpaired) electrons. The minimum atomic E-state index is -0.596. The lowest BCUT2D eigenvalue weighted by Crippen LogP contribution is -2.43. The molecular formula is C33H41BrN4O3S. The highest BCUT2D eigenvalue weighted by Gasteiger charge is 2.40. The maximum atomic E-state index is 12.7. The monoisotopic (exact) mass is 652 g/mol. The van der Waals surface area contributed by atoms with Crippen molar-refractivity contribution in [3.05, 3.63) is 82.2 Å². The van der Waals surface area contributed by atoms with Crippen LogP contribution in [0.3, 0.4) is 0 Å². The van der Waals surface area contributed by atoms with Gasteiger partial charge in [0.2, 0.25) is 0 Å². The average molecular weight is 654 g/mol. The van der Waals surface area contributed by atoms with Crippen LogP contribution >= 0.6 is 26.0 Å². The summed E-state index contributed by atoms with van der Waals surface area (Å²) in [4.78, 5) is 22.0. The fourth-order valence-electron chi connectivity index (χ4n) is 5.52. The number of ether oxygens (including phenoxy) is 2. The molecule has 0 aliphatic heterocycles. The summed E-state index contributed by atoms with van der Waals surface area (Å²) in [6.07, 6.45) is 11.8. The molecule has 0 bridgehead atoms. The lowest BCUT2D eigenvalue weighted by Gasteiger charge is -2.31. The van der Waals surface area contributed by atoms with Gasteiger partial charge in [0.05, 0.1) is 12.3 Å². The Labute approximate surface area is 258 Å². The fraction of sp³-hybridized carbons (Fsp3) is 0.424. The molecule has 224 valence electrons. The van der Waals surface area contributed by atoms with E-state index in [2.05, 4.69) is 93.5 Å². The number of amides is 1. The van der Waals surface area contributed by atoms with E-state index in [4.69, 9.17) is 14.5 Å². The van der Waals surface area contributed by atoms with Gasteiger partial charge in [-0.15, -0.1) is 0 Å². The Morgan fingerprint density at radius 3 is 2.62 bits per heavy atom. The largest absolute Gasteiger partial charge is 0.444 e. The molecule has 7 nitrogen and oxygen atoms in total. The van der Waals surface area contributed by atoms with E-state index in [0.29, 0.717) is 13.3 Å². The van der Waals surface area contributed by atoms with Crippen LogP contribution < -0.4 is 5.32 Å². The van der Waals surface area contributed by atoms with Gasteiger partial charge in [-0.1, -0.05) is 40.2 Å². The van der Waals surface area contributed by atoms with Crippen LogP contribution in [0.5, 0.6) is 0 Å². The molecule has 0 saturated carbocycles. The molecule has 0 fully saturated rings. The first-order valence-corrected chi connectivity index (χ1v) is 18.0. The number of hydrogen-bond acceptors (Lipinski definition) is 5. The van der Waals surface area contributed by atoms with Crippen molar-refractivity contribution in [1.29, 1.82) is 0 Å². The molecule has 1 N–H and O–H groups in total. The smallest absolute Gasteiger partial charge is 0.407 e. The van der Waals surface area contributed by atoms with E-state index in [9.17, 15) is 4.79 Å². The number of halogens is 1. The molecule has 0 spiro atoms. The molecule has 5 rings (SSSR count). The number of aromatic nitrogens is 3. The highest BCUT2D eigenvalue weighted by atomic mass is 79.9. The molecule has 4 aromatic rings. The summed E-state index contributed by atoms with van der Waals surface area (Å²) in [6, 6.07) is 17.1. The second-order valence-electron chi connectivity index (χ2n) is 13.1. The number of rotatable bonds is 9. The van der Waals surface area contributed by atoms with Crippen molar-refractivity contribution in [2.24, 2.45) is 0 Å². The van der Waals surface area contributed by atoms with Crippen LogP contribution in [0, 0.1) is 0 Å². The number of benzene rings is 2. The Morgan fingerprint density at radius 1 is 1.07 bits per heavy atom. The standard InChI is InChI=1S/C33H41BrN4O3S/c1-32(2,3)41-31(39)35-20-33(18-24-10-11-27(34)17-25(24)19-33)26-9-7-8-23(16-26)29-28-12-13-38(30(28)37-21-36-29)22-40-14-15-42(4,5)6/h7-13,16-17,21H,14-15,18-20,22H2,1-6H3,(H,35,39). The van der Waals surface area contributed by atoms with Gasteiger partial charge < -0.3 is 19.4 Å². The van der Waals surface area contributed by atoms with Gasteiger partial charge in [-0.2, -0.15) is 0 Å². The Morgan fingerprint density at radius 2 is 1.86 bits per heavy atom. The third-order valence-electron chi connectivity index (χ3n) is 7.57. The summed E-state index contributed by atoms with van der Waals surface area (Å²) in [5.41, 5.74) is 5.61. The zero-order valence-electron chi connectivity index (χ0n) is 25.4. The predicted molar refractivity (Wildman–Crippen MR) is 177 cm³/mol. The normalized spacial score (nSPS) is 17.3. The number of nitrogens with one attached hydrogen (secondary N) is 1. The van der Waals surface area contributed by atoms with Gasteiger partial charge in [0, 0.05) is 39.3 Å². The van der Waals surface area contributed by atoms with Crippen molar-refractivity contribution >= 4 is 43.1 Å². The minimum Gasteiger partial charge on any atom is -0.444 e. The molecule has 1 amide bonds. The van der Waals surface area contributed by atoms with Crippen LogP contribution in [0.15, 0.2) is 65.5 Å². The van der Waals surface area contributed by atoms with Gasteiger partial charge in [0.25, 0.3) is 0 Å². The second-order valence-corrected chi connectivity index (χ2v) is 18.6. The summed E-state index contributed by atoms with van der Waals surface area (Å²) in [5, 5.41) is 4.07. The number of hydrogen-bond donors (Lipinski definition) is 1. The van der Waals surface area contributed by atoms with Gasteiger partial charge in [-0.05, 0) is 93.3 Å². The maximum absolute atomic E-state index is 12.7. The minimum absolute atomic E-state index is 0.322. The Balaban J connectivity index is 1.44. The molecule has 2 aromatic heterocycles. The van der Waals surface area contributed by atoms with E-state index in [1.165, 1.54) is 11.1 Å². The van der Waals surface area contributed by atoms with E-state index in [1.807, 2.05) is 31.5 Å². The van der Waals surface area contributed by atoms with Gasteiger partial charge in [0.1, 0.15) is 24.3 Å². The summed E-state index contributed by atoms with van der Waals surface area (Å²) in [7, 11) is -0.596. The van der Waals surface area contributed by atoms with Crippen molar-refractivity contribution in [2.45, 2.75) is 51.4 Å². The Kier molecular flexibility index (Phi) is 8.75. The number of fused-ring (bicyclic) bond motifs is 2. The molecule has 2 aromatic carbocycles. The zero-order valence-corrected chi connectivity index (χ0v) is 27.8. The van der Waals surface area contributed by atoms with Gasteiger partial charge in [0.15, 0.2) is 0 Å². The topological polar surface area (TPSA) is 78.3 Å². The van der Waals surface area contributed by atoms with Crippen LogP contribution in [0.25, 0.3) is 22.3 Å². The molecule has 1 unspecified atom stereocenters. The first-order valence-electron chi connectivity index (χ1n) is 14.2. The molecule has 2 heterocycles. The van der Waals surface area contributed by atoms with E-state index < -0.39 is 21.7 Å². The molecular weight excluding hydrogens is 612 g/mol. The van der Waals surface area contributed by atoms with Crippen molar-refractivity contribution in [1.82, 2.24) is 19.9 Å². The summed E-state index contributed by atoms with van der Waals surface area (Å²) >= 11 is 3.64. The lowest BCUT2D eigenvalue weighted by atomic mass is 9.77. The summed E-state index contributed by atoms with van der Waals surface area (Å²) < 4.78 is 14.7. The van der Waals surface area contributed by atoms with E-state index >= 15 is 0 Å². The number of nitrogens with zero attached hydrogens (tertiary/aromatic N) is 3. The predicted octanol–water partition coefficient (Wildman–Crippen LogP) is 7.09. The van der Waals surface area contributed by atoms with Gasteiger partial charge >= 0.3 is 6.09 Å². The van der Waals surface area contributed by atoms with Crippen LogP contribution in [-0.4, -0.2) is 63.9 Å². The fourth-order valence-corrected chi connectivity index (χ4v) is 6.54. The average Bonchev–Trinajstić information content (AvgIpc) is 3.50. The summed E-state index contributed by atoms with van der Waals surface area (Å²) in [5.74, 6) is 1.07. The van der Waals surface area contributed by atoms with E-state index in [-0.39, 0.29) is 5.41 Å². The van der Waals surface area contributed by atoms with Crippen molar-refractivity contribution < 1.29 is 14.3 Å². The van der Waals surface area contributed by atoms with Crippen LogP contribution in [0.2, 0.25) is 0 Å². The Bertz CT molecular complexity index is 1590. The quantitative estimate of drug-likeness (QED) is 0.195. The van der Waals surface area contributed by atoms with Crippen molar-refractivity contribution in [2.75, 3.05) is 37.7 Å². The maximum Gasteiger partial charge on any atom is 0.407 e. The van der Waals surface area contributed by atoms with Crippen LogP contribution in [0.4, 0.5) is 4.79 Å². The number of alkyl carbamates (subject to hydrolysis) is 1. The van der Waals surface area contributed by atoms with Crippen LogP contribution in [-0.2, 0) is 34.5 Å². The van der Waals surface area contributed by atoms with Gasteiger partial charge in [-0.3, -0.25) is 0 Å². The third-order valence-corrected chi connectivity index (χ3v) is 9.46. The van der Waals surface area contributed by atoms with Crippen LogP contribution in [0.1, 0.15) is 37.5 Å². The SMILES string of the molecule is CC(C)(C)OC(=O)NCC1(c2cccc(-c3ncnc4c3ccn4COCCS(C)(C)C)c2)Cc2ccc(Br)cc2C1. The molecule has 1 aliphatic carbocycles. The molecule has 9 heteroatoms. The third kappa shape index (κ3) is 7.18. The van der Waals surface area contributed by atoms with E-state index in [1.54, 1.807) is 6.33 Å². The number of carbonyl (C=O) groups excluding carboxylic acids is 1. The highest BCUT2D eigenvalue weighted by Crippen LogP contribution is 2.42. The Hall–Kier alpha value is -2.88. The molecule has 1 atom stereocenters. The van der Waals surface area contributed by atoms with Gasteiger partial charge in [-0.25, -0.2) is 24.8 Å². The zero-order chi connectivity index (χ0) is 30.1. The van der Waals surface area contributed by atoms with Crippen molar-refractivity contribution in [3.63, 3.8) is 0 Å². The highest BCUT2D eigenvalue weighted by molar-refractivity contribution is 9.10. The lowest BCUT2D eigenvalue weighted by molar-refractivity contribution is 0.0514. The first-order chi connectivity index (χ1) is 19.8. The number of carbonyl (C=O) groups is 1. The first kappa shape index (κ1) is 30.6. The molecule has 42 heavy (non-hydrogen) atoms. The summed E-state index contributed by atoms with van der Waals surface area (Å²) in [6.45, 7) is 7.29. The van der Waals surface area contributed by atoms with Crippen molar-refractivity contribution in [3.8, 4) is 11.3 Å². The molecule has 0 saturated heterocycles.